The average molecular weight is 213 g/mol. The molecule has 4 nitrogen and oxygen atoms in total. The number of fused-ring (bicyclic) bond motifs is 2. The van der Waals surface area contributed by atoms with Crippen LogP contribution in [0.2, 0.25) is 0 Å². The van der Waals surface area contributed by atoms with Crippen molar-refractivity contribution in [1.82, 2.24) is 4.90 Å². The zero-order valence-electron chi connectivity index (χ0n) is 9.40. The molecule has 1 N–H and O–H groups in total. The number of rotatable bonds is 3. The van der Waals surface area contributed by atoms with E-state index in [0.717, 1.165) is 25.9 Å². The van der Waals surface area contributed by atoms with Crippen LogP contribution in [0.4, 0.5) is 0 Å². The summed E-state index contributed by atoms with van der Waals surface area (Å²) in [4.78, 5) is 13.0. The molecule has 0 aromatic heterocycles. The van der Waals surface area contributed by atoms with E-state index in [1.54, 1.807) is 0 Å². The van der Waals surface area contributed by atoms with E-state index in [1.807, 2.05) is 13.8 Å². The lowest BCUT2D eigenvalue weighted by Gasteiger charge is -2.42. The maximum absolute atomic E-state index is 10.8. The zero-order valence-corrected chi connectivity index (χ0v) is 9.40. The minimum atomic E-state index is -0.723. The highest BCUT2D eigenvalue weighted by atomic mass is 16.5. The monoisotopic (exact) mass is 213 g/mol. The van der Waals surface area contributed by atoms with Gasteiger partial charge in [0.2, 0.25) is 0 Å². The molecule has 2 unspecified atom stereocenters. The Morgan fingerprint density at radius 1 is 1.40 bits per heavy atom. The number of nitrogens with zero attached hydrogens (tertiary/aromatic N) is 1. The van der Waals surface area contributed by atoms with Crippen LogP contribution in [0.15, 0.2) is 0 Å². The first-order valence-corrected chi connectivity index (χ1v) is 5.60. The summed E-state index contributed by atoms with van der Waals surface area (Å²) in [6, 6.07) is 0. The Bertz CT molecular complexity index is 253. The normalized spacial score (nSPS) is 31.9. The van der Waals surface area contributed by atoms with Gasteiger partial charge in [0.15, 0.2) is 0 Å². The van der Waals surface area contributed by atoms with Gasteiger partial charge in [-0.25, -0.2) is 0 Å². The molecule has 0 spiro atoms. The summed E-state index contributed by atoms with van der Waals surface area (Å²) in [5, 5.41) is 8.87. The number of likely N-dealkylation sites (tertiary alicyclic amines) is 1. The summed E-state index contributed by atoms with van der Waals surface area (Å²) in [5.74, 6) is -0.723. The van der Waals surface area contributed by atoms with Gasteiger partial charge in [-0.3, -0.25) is 9.69 Å². The molecule has 0 radical (unpaired) electrons. The van der Waals surface area contributed by atoms with Gasteiger partial charge in [0.1, 0.15) is 0 Å². The van der Waals surface area contributed by atoms with E-state index in [1.165, 1.54) is 0 Å². The highest BCUT2D eigenvalue weighted by Gasteiger charge is 2.40. The topological polar surface area (TPSA) is 49.8 Å². The summed E-state index contributed by atoms with van der Waals surface area (Å²) in [6.45, 7) is 5.78. The van der Waals surface area contributed by atoms with Crippen LogP contribution >= 0.6 is 0 Å². The predicted molar refractivity (Wildman–Crippen MR) is 55.8 cm³/mol. The van der Waals surface area contributed by atoms with Crippen molar-refractivity contribution >= 4 is 5.97 Å². The fraction of sp³-hybridized carbons (Fsp3) is 0.909. The van der Waals surface area contributed by atoms with E-state index in [9.17, 15) is 4.79 Å². The van der Waals surface area contributed by atoms with E-state index < -0.39 is 5.97 Å². The van der Waals surface area contributed by atoms with Crippen LogP contribution in [0.25, 0.3) is 0 Å². The Labute approximate surface area is 90.2 Å². The van der Waals surface area contributed by atoms with E-state index in [-0.39, 0.29) is 12.0 Å². The Hall–Kier alpha value is -0.610. The molecule has 4 heteroatoms. The van der Waals surface area contributed by atoms with Crippen molar-refractivity contribution in [3.05, 3.63) is 0 Å². The van der Waals surface area contributed by atoms with Gasteiger partial charge in [-0.2, -0.15) is 0 Å². The van der Waals surface area contributed by atoms with Gasteiger partial charge < -0.3 is 9.84 Å². The number of carbonyl (C=O) groups is 1. The third kappa shape index (κ3) is 2.32. The van der Waals surface area contributed by atoms with Crippen LogP contribution in [0, 0.1) is 0 Å². The van der Waals surface area contributed by atoms with Gasteiger partial charge in [0.05, 0.1) is 18.6 Å². The summed E-state index contributed by atoms with van der Waals surface area (Å²) in [5.41, 5.74) is -0.254. The highest BCUT2D eigenvalue weighted by molar-refractivity contribution is 5.68. The van der Waals surface area contributed by atoms with Crippen molar-refractivity contribution in [3.8, 4) is 0 Å². The molecule has 2 heterocycles. The second-order valence-electron chi connectivity index (χ2n) is 5.25. The third-order valence-corrected chi connectivity index (χ3v) is 3.48. The predicted octanol–water partition coefficient (Wildman–Crippen LogP) is 1.10. The van der Waals surface area contributed by atoms with Crippen molar-refractivity contribution in [2.75, 3.05) is 13.1 Å². The molecule has 0 aromatic rings. The Morgan fingerprint density at radius 2 is 1.93 bits per heavy atom. The lowest BCUT2D eigenvalue weighted by molar-refractivity contribution is -0.142. The minimum Gasteiger partial charge on any atom is -0.481 e. The van der Waals surface area contributed by atoms with Crippen LogP contribution in [0.3, 0.4) is 0 Å². The Balaban J connectivity index is 2.01. The maximum Gasteiger partial charge on any atom is 0.305 e. The molecule has 2 atom stereocenters. The molecule has 15 heavy (non-hydrogen) atoms. The number of aliphatic carboxylic acids is 1. The molecular weight excluding hydrogens is 194 g/mol. The van der Waals surface area contributed by atoms with Crippen LogP contribution in [-0.4, -0.2) is 46.8 Å². The summed E-state index contributed by atoms with van der Waals surface area (Å²) >= 11 is 0. The summed E-state index contributed by atoms with van der Waals surface area (Å²) in [7, 11) is 0. The molecule has 2 aliphatic heterocycles. The highest BCUT2D eigenvalue weighted by Crippen LogP contribution is 2.31. The first kappa shape index (κ1) is 10.9. The SMILES string of the molecule is CC(C)(CC(=O)O)N1CC2CCC(C1)O2. The molecular formula is C11H19NO3. The van der Waals surface area contributed by atoms with Gasteiger partial charge in [-0.05, 0) is 26.7 Å². The third-order valence-electron chi connectivity index (χ3n) is 3.48. The summed E-state index contributed by atoms with van der Waals surface area (Å²) in [6.07, 6.45) is 3.12. The van der Waals surface area contributed by atoms with Crippen molar-refractivity contribution in [1.29, 1.82) is 0 Å². The van der Waals surface area contributed by atoms with Crippen LogP contribution < -0.4 is 0 Å². The lowest BCUT2D eigenvalue weighted by atomic mass is 9.97. The number of hydrogen-bond acceptors (Lipinski definition) is 3. The van der Waals surface area contributed by atoms with E-state index in [0.29, 0.717) is 12.2 Å². The molecule has 2 bridgehead atoms. The van der Waals surface area contributed by atoms with Gasteiger partial charge in [-0.15, -0.1) is 0 Å². The number of morpholine rings is 1. The Morgan fingerprint density at radius 3 is 2.40 bits per heavy atom. The average Bonchev–Trinajstić information content (AvgIpc) is 2.43. The fourth-order valence-electron chi connectivity index (χ4n) is 2.59. The van der Waals surface area contributed by atoms with E-state index in [4.69, 9.17) is 9.84 Å². The number of carboxylic acid groups (broad SMARTS) is 1. The fourth-order valence-corrected chi connectivity index (χ4v) is 2.59. The quantitative estimate of drug-likeness (QED) is 0.762. The molecule has 86 valence electrons. The van der Waals surface area contributed by atoms with E-state index in [2.05, 4.69) is 4.90 Å². The van der Waals surface area contributed by atoms with Gasteiger partial charge >= 0.3 is 5.97 Å². The molecule has 2 fully saturated rings. The molecule has 2 aliphatic rings. The van der Waals surface area contributed by atoms with E-state index >= 15 is 0 Å². The van der Waals surface area contributed by atoms with Gasteiger partial charge in [0.25, 0.3) is 0 Å². The van der Waals surface area contributed by atoms with Crippen molar-refractivity contribution in [3.63, 3.8) is 0 Å². The second-order valence-corrected chi connectivity index (χ2v) is 5.25. The van der Waals surface area contributed by atoms with Crippen molar-refractivity contribution in [2.24, 2.45) is 0 Å². The number of ether oxygens (including phenoxy) is 1. The lowest BCUT2D eigenvalue weighted by Crippen LogP contribution is -2.53. The van der Waals surface area contributed by atoms with Crippen LogP contribution in [-0.2, 0) is 9.53 Å². The first-order valence-electron chi connectivity index (χ1n) is 5.60. The smallest absolute Gasteiger partial charge is 0.305 e. The molecule has 2 saturated heterocycles. The maximum atomic E-state index is 10.8. The zero-order chi connectivity index (χ0) is 11.1. The van der Waals surface area contributed by atoms with Crippen LogP contribution in [0.5, 0.6) is 0 Å². The molecule has 2 rings (SSSR count). The molecule has 0 aliphatic carbocycles. The molecule has 0 saturated carbocycles. The van der Waals surface area contributed by atoms with Gasteiger partial charge in [0, 0.05) is 18.6 Å². The van der Waals surface area contributed by atoms with Crippen molar-refractivity contribution in [2.45, 2.75) is 50.9 Å². The standard InChI is InChI=1S/C11H19NO3/c1-11(2,5-10(13)14)12-6-8-3-4-9(7-12)15-8/h8-9H,3-7H2,1-2H3,(H,13,14). The minimum absolute atomic E-state index is 0.201. The molecule has 0 amide bonds. The van der Waals surface area contributed by atoms with Gasteiger partial charge in [-0.1, -0.05) is 0 Å². The number of hydrogen-bond donors (Lipinski definition) is 1. The first-order chi connectivity index (χ1) is 6.97. The Kier molecular flexibility index (Phi) is 2.73. The van der Waals surface area contributed by atoms with Crippen LogP contribution in [0.1, 0.15) is 33.1 Å². The van der Waals surface area contributed by atoms with Crippen molar-refractivity contribution < 1.29 is 14.6 Å². The number of carboxylic acids is 1. The second kappa shape index (κ2) is 3.76. The summed E-state index contributed by atoms with van der Waals surface area (Å²) < 4.78 is 5.74. The molecule has 0 aromatic carbocycles. The largest absolute Gasteiger partial charge is 0.481 e.